The van der Waals surface area contributed by atoms with Gasteiger partial charge in [0.15, 0.2) is 9.84 Å². The summed E-state index contributed by atoms with van der Waals surface area (Å²) in [4.78, 5) is 0. The summed E-state index contributed by atoms with van der Waals surface area (Å²) in [6.07, 6.45) is 0.130. The first-order chi connectivity index (χ1) is 8.72. The molecule has 1 aliphatic heterocycles. The predicted octanol–water partition coefficient (Wildman–Crippen LogP) is 1.88. The van der Waals surface area contributed by atoms with Gasteiger partial charge in [-0.1, -0.05) is 23.7 Å². The van der Waals surface area contributed by atoms with Crippen LogP contribution in [0.4, 0.5) is 0 Å². The molecule has 4 nitrogen and oxygen atoms in total. The van der Waals surface area contributed by atoms with E-state index < -0.39 is 20.9 Å². The Balaban J connectivity index is 2.52. The van der Waals surface area contributed by atoms with Crippen LogP contribution in [-0.4, -0.2) is 25.0 Å². The zero-order valence-electron chi connectivity index (χ0n) is 10.4. The average Bonchev–Trinajstić information content (AvgIpc) is 2.67. The van der Waals surface area contributed by atoms with Crippen molar-refractivity contribution in [3.8, 4) is 6.07 Å². The van der Waals surface area contributed by atoms with Crippen LogP contribution in [-0.2, 0) is 15.4 Å². The Bertz CT molecular complexity index is 648. The molecular weight excluding hydrogens is 286 g/mol. The number of hydrogen-bond acceptors (Lipinski definition) is 4. The van der Waals surface area contributed by atoms with Gasteiger partial charge in [-0.25, -0.2) is 8.42 Å². The van der Waals surface area contributed by atoms with E-state index in [1.165, 1.54) is 6.92 Å². The van der Waals surface area contributed by atoms with Crippen LogP contribution in [0.5, 0.6) is 0 Å². The van der Waals surface area contributed by atoms with Crippen molar-refractivity contribution in [1.82, 2.24) is 0 Å². The Hall–Kier alpha value is -1.09. The summed E-state index contributed by atoms with van der Waals surface area (Å²) >= 11 is 5.89. The molecule has 0 spiro atoms. The van der Waals surface area contributed by atoms with E-state index in [-0.39, 0.29) is 17.9 Å². The third-order valence-electron chi connectivity index (χ3n) is 3.84. The summed E-state index contributed by atoms with van der Waals surface area (Å²) in [5, 5.41) is 20.6. The number of nitrogens with zero attached hydrogens (tertiary/aromatic N) is 1. The molecule has 1 saturated heterocycles. The third kappa shape index (κ3) is 2.36. The Kier molecular flexibility index (Phi) is 3.38. The van der Waals surface area contributed by atoms with Gasteiger partial charge < -0.3 is 5.11 Å². The Morgan fingerprint density at radius 3 is 2.68 bits per heavy atom. The van der Waals surface area contributed by atoms with Gasteiger partial charge in [-0.3, -0.25) is 0 Å². The highest BCUT2D eigenvalue weighted by molar-refractivity contribution is 7.91. The van der Waals surface area contributed by atoms with Crippen LogP contribution in [0.25, 0.3) is 0 Å². The fraction of sp³-hybridized carbons (Fsp3) is 0.462. The Labute approximate surface area is 117 Å². The molecule has 2 atom stereocenters. The number of rotatable bonds is 2. The van der Waals surface area contributed by atoms with Crippen LogP contribution < -0.4 is 0 Å². The lowest BCUT2D eigenvalue weighted by molar-refractivity contribution is -0.0323. The van der Waals surface area contributed by atoms with Crippen molar-refractivity contribution in [3.63, 3.8) is 0 Å². The predicted molar refractivity (Wildman–Crippen MR) is 72.3 cm³/mol. The monoisotopic (exact) mass is 299 g/mol. The van der Waals surface area contributed by atoms with Crippen molar-refractivity contribution in [2.45, 2.75) is 18.9 Å². The highest BCUT2D eigenvalue weighted by Gasteiger charge is 2.55. The second-order valence-electron chi connectivity index (χ2n) is 5.12. The van der Waals surface area contributed by atoms with Gasteiger partial charge in [-0.15, -0.1) is 0 Å². The molecule has 1 aromatic carbocycles. The van der Waals surface area contributed by atoms with Crippen LogP contribution in [0.3, 0.4) is 0 Å². The van der Waals surface area contributed by atoms with Gasteiger partial charge in [-0.2, -0.15) is 5.26 Å². The zero-order valence-corrected chi connectivity index (χ0v) is 12.0. The third-order valence-corrected chi connectivity index (χ3v) is 5.83. The molecule has 6 heteroatoms. The molecule has 1 N–H and O–H groups in total. The number of halogens is 1. The van der Waals surface area contributed by atoms with Crippen molar-refractivity contribution >= 4 is 21.4 Å². The largest absolute Gasteiger partial charge is 0.384 e. The lowest BCUT2D eigenvalue weighted by atomic mass is 9.70. The van der Waals surface area contributed by atoms with E-state index in [4.69, 9.17) is 11.6 Å². The number of aliphatic hydroxyl groups is 1. The van der Waals surface area contributed by atoms with Crippen molar-refractivity contribution in [3.05, 3.63) is 34.9 Å². The summed E-state index contributed by atoms with van der Waals surface area (Å²) in [6.45, 7) is 1.47. The normalized spacial score (nSPS) is 28.5. The van der Waals surface area contributed by atoms with Crippen LogP contribution in [0, 0.1) is 16.7 Å². The first kappa shape index (κ1) is 14.3. The quantitative estimate of drug-likeness (QED) is 0.904. The van der Waals surface area contributed by atoms with Crippen LogP contribution >= 0.6 is 11.6 Å². The van der Waals surface area contributed by atoms with Gasteiger partial charge in [0, 0.05) is 5.02 Å². The van der Waals surface area contributed by atoms with E-state index in [0.717, 1.165) is 0 Å². The van der Waals surface area contributed by atoms with Gasteiger partial charge in [0.25, 0.3) is 0 Å². The lowest BCUT2D eigenvalue weighted by Crippen LogP contribution is -2.43. The molecule has 102 valence electrons. The van der Waals surface area contributed by atoms with Gasteiger partial charge in [0.05, 0.1) is 17.6 Å². The zero-order chi connectivity index (χ0) is 14.3. The van der Waals surface area contributed by atoms with Crippen LogP contribution in [0.15, 0.2) is 24.3 Å². The molecule has 1 aliphatic rings. The maximum absolute atomic E-state index is 11.7. The topological polar surface area (TPSA) is 78.2 Å². The fourth-order valence-corrected chi connectivity index (χ4v) is 4.73. The SMILES string of the molecule is CC(O)(c1cccc(Cl)c1)C1(C#N)CCS(=O)(=O)C1. The molecule has 0 aromatic heterocycles. The minimum Gasteiger partial charge on any atom is -0.384 e. The lowest BCUT2D eigenvalue weighted by Gasteiger charge is -2.36. The van der Waals surface area contributed by atoms with Crippen molar-refractivity contribution in [2.75, 3.05) is 11.5 Å². The van der Waals surface area contributed by atoms with E-state index in [9.17, 15) is 18.8 Å². The molecular formula is C13H14ClNO3S. The molecule has 0 aliphatic carbocycles. The maximum Gasteiger partial charge on any atom is 0.152 e. The highest BCUT2D eigenvalue weighted by Crippen LogP contribution is 2.47. The molecule has 0 amide bonds. The minimum absolute atomic E-state index is 0.0721. The molecule has 0 radical (unpaired) electrons. The summed E-state index contributed by atoms with van der Waals surface area (Å²) in [5.74, 6) is -0.396. The Morgan fingerprint density at radius 2 is 2.21 bits per heavy atom. The molecule has 2 rings (SSSR count). The van der Waals surface area contributed by atoms with Gasteiger partial charge in [-0.05, 0) is 31.0 Å². The van der Waals surface area contributed by atoms with E-state index in [2.05, 4.69) is 0 Å². The molecule has 1 heterocycles. The fourth-order valence-electron chi connectivity index (χ4n) is 2.50. The minimum atomic E-state index is -3.28. The number of sulfone groups is 1. The number of hydrogen-bond donors (Lipinski definition) is 1. The summed E-state index contributed by atoms with van der Waals surface area (Å²) in [5.41, 5.74) is -2.43. The first-order valence-corrected chi connectivity index (χ1v) is 8.02. The summed E-state index contributed by atoms with van der Waals surface area (Å²) in [6, 6.07) is 8.55. The standard InChI is InChI=1S/C13H14ClNO3S/c1-12(16,10-3-2-4-11(14)7-10)13(8-15)5-6-19(17,18)9-13/h2-4,7,16H,5-6,9H2,1H3. The van der Waals surface area contributed by atoms with Crippen molar-refractivity contribution in [1.29, 1.82) is 5.26 Å². The van der Waals surface area contributed by atoms with Gasteiger partial charge >= 0.3 is 0 Å². The highest BCUT2D eigenvalue weighted by atomic mass is 35.5. The maximum atomic E-state index is 11.7. The van der Waals surface area contributed by atoms with Crippen LogP contribution in [0.2, 0.25) is 5.02 Å². The smallest absolute Gasteiger partial charge is 0.152 e. The first-order valence-electron chi connectivity index (χ1n) is 5.83. The number of nitriles is 1. The van der Waals surface area contributed by atoms with Crippen molar-refractivity contribution in [2.24, 2.45) is 5.41 Å². The molecule has 1 aromatic rings. The van der Waals surface area contributed by atoms with E-state index in [1.807, 2.05) is 6.07 Å². The summed E-state index contributed by atoms with van der Waals surface area (Å²) in [7, 11) is -3.28. The molecule has 0 bridgehead atoms. The molecule has 2 unspecified atom stereocenters. The number of benzene rings is 1. The molecule has 1 fully saturated rings. The second kappa shape index (κ2) is 4.48. The van der Waals surface area contributed by atoms with E-state index >= 15 is 0 Å². The van der Waals surface area contributed by atoms with Gasteiger partial charge in [0.2, 0.25) is 0 Å². The van der Waals surface area contributed by atoms with E-state index in [1.54, 1.807) is 24.3 Å². The Morgan fingerprint density at radius 1 is 1.53 bits per heavy atom. The molecule has 19 heavy (non-hydrogen) atoms. The second-order valence-corrected chi connectivity index (χ2v) is 7.74. The van der Waals surface area contributed by atoms with Crippen molar-refractivity contribution < 1.29 is 13.5 Å². The average molecular weight is 300 g/mol. The van der Waals surface area contributed by atoms with Gasteiger partial charge in [0.1, 0.15) is 11.0 Å². The molecule has 0 saturated carbocycles. The van der Waals surface area contributed by atoms with Crippen LogP contribution in [0.1, 0.15) is 18.9 Å². The summed E-state index contributed by atoms with van der Waals surface area (Å²) < 4.78 is 23.3. The van der Waals surface area contributed by atoms with E-state index in [0.29, 0.717) is 10.6 Å².